The highest BCUT2D eigenvalue weighted by atomic mass is 16.5. The molecule has 0 saturated heterocycles. The van der Waals surface area contributed by atoms with Gasteiger partial charge in [0.1, 0.15) is 0 Å². The molecule has 0 aliphatic heterocycles. The maximum absolute atomic E-state index is 5.81. The SMILES string of the molecule is CCOCCCNc1ccc(C)c(N)c1. The van der Waals surface area contributed by atoms with Crippen LogP contribution in [-0.4, -0.2) is 19.8 Å². The van der Waals surface area contributed by atoms with Crippen molar-refractivity contribution < 1.29 is 4.74 Å². The third-order valence-corrected chi connectivity index (χ3v) is 2.28. The largest absolute Gasteiger partial charge is 0.398 e. The first-order valence-corrected chi connectivity index (χ1v) is 5.41. The molecule has 0 atom stereocenters. The summed E-state index contributed by atoms with van der Waals surface area (Å²) in [7, 11) is 0. The van der Waals surface area contributed by atoms with Crippen LogP contribution in [0.25, 0.3) is 0 Å². The van der Waals surface area contributed by atoms with E-state index in [1.165, 1.54) is 0 Å². The van der Waals surface area contributed by atoms with E-state index >= 15 is 0 Å². The predicted octanol–water partition coefficient (Wildman–Crippen LogP) is 2.42. The van der Waals surface area contributed by atoms with Gasteiger partial charge in [-0.05, 0) is 38.0 Å². The lowest BCUT2D eigenvalue weighted by atomic mass is 10.2. The summed E-state index contributed by atoms with van der Waals surface area (Å²) in [4.78, 5) is 0. The van der Waals surface area contributed by atoms with Crippen LogP contribution < -0.4 is 11.1 Å². The van der Waals surface area contributed by atoms with Crippen molar-refractivity contribution in [1.29, 1.82) is 0 Å². The van der Waals surface area contributed by atoms with Crippen LogP contribution in [0.1, 0.15) is 18.9 Å². The fourth-order valence-electron chi connectivity index (χ4n) is 1.30. The van der Waals surface area contributed by atoms with Crippen molar-refractivity contribution in [3.05, 3.63) is 23.8 Å². The maximum atomic E-state index is 5.81. The lowest BCUT2D eigenvalue weighted by molar-refractivity contribution is 0.147. The van der Waals surface area contributed by atoms with Crippen LogP contribution in [0.2, 0.25) is 0 Å². The number of hydrogen-bond acceptors (Lipinski definition) is 3. The average molecular weight is 208 g/mol. The first-order valence-electron chi connectivity index (χ1n) is 5.41. The minimum absolute atomic E-state index is 0.789. The van der Waals surface area contributed by atoms with Crippen LogP contribution in [0.15, 0.2) is 18.2 Å². The molecule has 84 valence electrons. The lowest BCUT2D eigenvalue weighted by Crippen LogP contribution is -2.06. The molecule has 0 aromatic heterocycles. The van der Waals surface area contributed by atoms with Gasteiger partial charge in [-0.3, -0.25) is 0 Å². The number of anilines is 2. The van der Waals surface area contributed by atoms with Crippen LogP contribution in [0.3, 0.4) is 0 Å². The normalized spacial score (nSPS) is 10.3. The Bertz CT molecular complexity index is 300. The molecule has 0 unspecified atom stereocenters. The second-order valence-electron chi connectivity index (χ2n) is 3.55. The van der Waals surface area contributed by atoms with Crippen molar-refractivity contribution in [1.82, 2.24) is 0 Å². The molecule has 15 heavy (non-hydrogen) atoms. The van der Waals surface area contributed by atoms with Crippen molar-refractivity contribution in [3.8, 4) is 0 Å². The zero-order valence-corrected chi connectivity index (χ0v) is 9.55. The molecule has 0 heterocycles. The van der Waals surface area contributed by atoms with Crippen molar-refractivity contribution in [2.45, 2.75) is 20.3 Å². The maximum Gasteiger partial charge on any atom is 0.0482 e. The molecule has 1 rings (SSSR count). The molecule has 0 radical (unpaired) electrons. The molecular weight excluding hydrogens is 188 g/mol. The van der Waals surface area contributed by atoms with Crippen LogP contribution in [0.4, 0.5) is 11.4 Å². The molecule has 3 N–H and O–H groups in total. The van der Waals surface area contributed by atoms with Crippen molar-refractivity contribution in [2.24, 2.45) is 0 Å². The first-order chi connectivity index (χ1) is 7.24. The smallest absolute Gasteiger partial charge is 0.0482 e. The number of nitrogen functional groups attached to an aromatic ring is 1. The Kier molecular flexibility index (Phi) is 4.98. The fourth-order valence-corrected chi connectivity index (χ4v) is 1.30. The van der Waals surface area contributed by atoms with Gasteiger partial charge in [-0.2, -0.15) is 0 Å². The van der Waals surface area contributed by atoms with E-state index in [4.69, 9.17) is 10.5 Å². The van der Waals surface area contributed by atoms with E-state index in [-0.39, 0.29) is 0 Å². The molecule has 3 nitrogen and oxygen atoms in total. The zero-order chi connectivity index (χ0) is 11.1. The minimum atomic E-state index is 0.789. The molecule has 1 aromatic carbocycles. The Morgan fingerprint density at radius 2 is 2.20 bits per heavy atom. The van der Waals surface area contributed by atoms with Gasteiger partial charge in [0, 0.05) is 31.1 Å². The molecule has 0 aliphatic carbocycles. The van der Waals surface area contributed by atoms with Gasteiger partial charge >= 0.3 is 0 Å². The van der Waals surface area contributed by atoms with Crippen molar-refractivity contribution >= 4 is 11.4 Å². The Morgan fingerprint density at radius 1 is 1.40 bits per heavy atom. The van der Waals surface area contributed by atoms with E-state index in [9.17, 15) is 0 Å². The van der Waals surface area contributed by atoms with E-state index < -0.39 is 0 Å². The van der Waals surface area contributed by atoms with Crippen LogP contribution in [-0.2, 0) is 4.74 Å². The first kappa shape index (κ1) is 11.9. The van der Waals surface area contributed by atoms with Gasteiger partial charge in [-0.25, -0.2) is 0 Å². The van der Waals surface area contributed by atoms with Gasteiger partial charge in [-0.1, -0.05) is 6.07 Å². The summed E-state index contributed by atoms with van der Waals surface area (Å²) in [6.45, 7) is 6.53. The van der Waals surface area contributed by atoms with Gasteiger partial charge in [0.05, 0.1) is 0 Å². The summed E-state index contributed by atoms with van der Waals surface area (Å²) in [6.07, 6.45) is 1.02. The Morgan fingerprint density at radius 3 is 2.87 bits per heavy atom. The number of rotatable bonds is 6. The van der Waals surface area contributed by atoms with Crippen molar-refractivity contribution in [2.75, 3.05) is 30.8 Å². The average Bonchev–Trinajstić information content (AvgIpc) is 2.23. The van der Waals surface area contributed by atoms with E-state index in [1.54, 1.807) is 0 Å². The molecule has 3 heteroatoms. The molecule has 0 fully saturated rings. The number of aryl methyl sites for hydroxylation is 1. The summed E-state index contributed by atoms with van der Waals surface area (Å²) < 4.78 is 5.25. The summed E-state index contributed by atoms with van der Waals surface area (Å²) in [6, 6.07) is 6.04. The highest BCUT2D eigenvalue weighted by Gasteiger charge is 1.95. The van der Waals surface area contributed by atoms with Crippen molar-refractivity contribution in [3.63, 3.8) is 0 Å². The number of nitrogens with two attached hydrogens (primary N) is 1. The number of nitrogens with one attached hydrogen (secondary N) is 1. The van der Waals surface area contributed by atoms with Gasteiger partial charge in [0.15, 0.2) is 0 Å². The van der Waals surface area contributed by atoms with E-state index in [0.29, 0.717) is 0 Å². The predicted molar refractivity (Wildman–Crippen MR) is 65.2 cm³/mol. The summed E-state index contributed by atoms with van der Waals surface area (Å²) >= 11 is 0. The fraction of sp³-hybridized carbons (Fsp3) is 0.500. The van der Waals surface area contributed by atoms with Gasteiger partial charge < -0.3 is 15.8 Å². The second-order valence-corrected chi connectivity index (χ2v) is 3.55. The Balaban J connectivity index is 2.28. The molecule has 0 aliphatic rings. The Labute approximate surface area is 91.6 Å². The summed E-state index contributed by atoms with van der Waals surface area (Å²) in [5, 5.41) is 3.31. The van der Waals surface area contributed by atoms with Crippen LogP contribution >= 0.6 is 0 Å². The summed E-state index contributed by atoms with van der Waals surface area (Å²) in [5.41, 5.74) is 8.84. The molecule has 1 aromatic rings. The molecule has 0 saturated carbocycles. The van der Waals surface area contributed by atoms with E-state index in [0.717, 1.165) is 43.1 Å². The molecule has 0 bridgehead atoms. The molecule has 0 spiro atoms. The summed E-state index contributed by atoms with van der Waals surface area (Å²) in [5.74, 6) is 0. The lowest BCUT2D eigenvalue weighted by Gasteiger charge is -2.08. The molecule has 0 amide bonds. The standard InChI is InChI=1S/C12H20N2O/c1-3-15-8-4-7-14-11-6-5-10(2)12(13)9-11/h5-6,9,14H,3-4,7-8,13H2,1-2H3. The number of benzene rings is 1. The third kappa shape index (κ3) is 4.21. The van der Waals surface area contributed by atoms with E-state index in [1.807, 2.05) is 32.0 Å². The molecular formula is C12H20N2O. The van der Waals surface area contributed by atoms with Crippen LogP contribution in [0, 0.1) is 6.92 Å². The third-order valence-electron chi connectivity index (χ3n) is 2.28. The van der Waals surface area contributed by atoms with E-state index in [2.05, 4.69) is 5.32 Å². The second kappa shape index (κ2) is 6.30. The van der Waals surface area contributed by atoms with Gasteiger partial charge in [0.25, 0.3) is 0 Å². The monoisotopic (exact) mass is 208 g/mol. The highest BCUT2D eigenvalue weighted by Crippen LogP contribution is 2.16. The quantitative estimate of drug-likeness (QED) is 0.557. The van der Waals surface area contributed by atoms with Gasteiger partial charge in [0.2, 0.25) is 0 Å². The highest BCUT2D eigenvalue weighted by molar-refractivity contribution is 5.58. The Hall–Kier alpha value is -1.22. The zero-order valence-electron chi connectivity index (χ0n) is 9.55. The number of hydrogen-bond donors (Lipinski definition) is 2. The van der Waals surface area contributed by atoms with Gasteiger partial charge in [-0.15, -0.1) is 0 Å². The number of ether oxygens (including phenoxy) is 1. The topological polar surface area (TPSA) is 47.3 Å². The van der Waals surface area contributed by atoms with Crippen LogP contribution in [0.5, 0.6) is 0 Å². The minimum Gasteiger partial charge on any atom is -0.398 e.